The van der Waals surface area contributed by atoms with Crippen LogP contribution in [0.5, 0.6) is 0 Å². The summed E-state index contributed by atoms with van der Waals surface area (Å²) in [5.74, 6) is -2.18. The van der Waals surface area contributed by atoms with E-state index in [1.807, 2.05) is 0 Å². The molecule has 0 aliphatic rings. The summed E-state index contributed by atoms with van der Waals surface area (Å²) in [5.41, 5.74) is 0.0778. The summed E-state index contributed by atoms with van der Waals surface area (Å²) >= 11 is 0. The van der Waals surface area contributed by atoms with Gasteiger partial charge >= 0.3 is 0 Å². The quantitative estimate of drug-likeness (QED) is 0.728. The van der Waals surface area contributed by atoms with Crippen molar-refractivity contribution in [2.24, 2.45) is 0 Å². The number of halogens is 2. The number of carbonyl (C=O) groups excluding carboxylic acids is 1. The third-order valence-electron chi connectivity index (χ3n) is 2.43. The minimum Gasteiger partial charge on any atom is -0.355 e. The molecular formula is C13H18F2N2O. The maximum absolute atomic E-state index is 13.3. The number of carbonyl (C=O) groups is 1. The highest BCUT2D eigenvalue weighted by Gasteiger charge is 2.10. The van der Waals surface area contributed by atoms with Crippen molar-refractivity contribution in [2.75, 3.05) is 19.6 Å². The summed E-state index contributed by atoms with van der Waals surface area (Å²) in [6.45, 7) is 4.10. The molecule has 0 aromatic heterocycles. The molecule has 0 saturated carbocycles. The summed E-state index contributed by atoms with van der Waals surface area (Å²) in [6.07, 6.45) is 0.889. The molecule has 0 heterocycles. The van der Waals surface area contributed by atoms with E-state index in [2.05, 4.69) is 17.6 Å². The van der Waals surface area contributed by atoms with E-state index in [1.165, 1.54) is 12.1 Å². The van der Waals surface area contributed by atoms with Gasteiger partial charge in [0, 0.05) is 18.7 Å². The minimum atomic E-state index is -0.947. The summed E-state index contributed by atoms with van der Waals surface area (Å²) < 4.78 is 26.2. The Labute approximate surface area is 106 Å². The predicted molar refractivity (Wildman–Crippen MR) is 66.2 cm³/mol. The molecule has 1 aromatic rings. The van der Waals surface area contributed by atoms with Crippen molar-refractivity contribution >= 4 is 5.91 Å². The monoisotopic (exact) mass is 256 g/mol. The highest BCUT2D eigenvalue weighted by atomic mass is 19.2. The first kappa shape index (κ1) is 14.6. The van der Waals surface area contributed by atoms with E-state index in [0.717, 1.165) is 19.0 Å². The fourth-order valence-electron chi connectivity index (χ4n) is 1.51. The van der Waals surface area contributed by atoms with Gasteiger partial charge in [-0.2, -0.15) is 0 Å². The molecule has 1 amide bonds. The fraction of sp³-hybridized carbons (Fsp3) is 0.462. The third kappa shape index (κ3) is 4.79. The molecule has 0 aliphatic heterocycles. The van der Waals surface area contributed by atoms with Crippen molar-refractivity contribution in [1.29, 1.82) is 0 Å². The number of benzene rings is 1. The van der Waals surface area contributed by atoms with Crippen LogP contribution in [0.25, 0.3) is 0 Å². The van der Waals surface area contributed by atoms with Crippen LogP contribution in [0.4, 0.5) is 8.78 Å². The van der Waals surface area contributed by atoms with Crippen molar-refractivity contribution in [2.45, 2.75) is 19.8 Å². The van der Waals surface area contributed by atoms with Gasteiger partial charge in [0.2, 0.25) is 5.91 Å². The van der Waals surface area contributed by atoms with Crippen LogP contribution in [-0.4, -0.2) is 25.5 Å². The lowest BCUT2D eigenvalue weighted by atomic mass is 10.1. The zero-order valence-corrected chi connectivity index (χ0v) is 10.4. The van der Waals surface area contributed by atoms with Crippen LogP contribution in [0, 0.1) is 11.6 Å². The van der Waals surface area contributed by atoms with Crippen molar-refractivity contribution in [3.8, 4) is 0 Å². The number of hydrogen-bond donors (Lipinski definition) is 2. The molecule has 0 spiro atoms. The van der Waals surface area contributed by atoms with Gasteiger partial charge in [0.05, 0.1) is 6.42 Å². The molecule has 100 valence electrons. The van der Waals surface area contributed by atoms with Crippen LogP contribution >= 0.6 is 0 Å². The Morgan fingerprint density at radius 2 is 2.00 bits per heavy atom. The molecule has 0 saturated heterocycles. The van der Waals surface area contributed by atoms with Crippen LogP contribution in [0.3, 0.4) is 0 Å². The van der Waals surface area contributed by atoms with Crippen molar-refractivity contribution < 1.29 is 13.6 Å². The van der Waals surface area contributed by atoms with Crippen molar-refractivity contribution in [3.05, 3.63) is 35.4 Å². The zero-order chi connectivity index (χ0) is 13.4. The topological polar surface area (TPSA) is 41.1 Å². The number of nitrogens with one attached hydrogen (secondary N) is 2. The number of amides is 1. The molecule has 2 N–H and O–H groups in total. The van der Waals surface area contributed by atoms with E-state index in [4.69, 9.17) is 0 Å². The van der Waals surface area contributed by atoms with Gasteiger partial charge in [0.15, 0.2) is 11.6 Å². The van der Waals surface area contributed by atoms with Crippen molar-refractivity contribution in [1.82, 2.24) is 10.6 Å². The molecule has 0 radical (unpaired) electrons. The molecule has 18 heavy (non-hydrogen) atoms. The van der Waals surface area contributed by atoms with Gasteiger partial charge in [-0.25, -0.2) is 8.78 Å². The lowest BCUT2D eigenvalue weighted by molar-refractivity contribution is -0.120. The highest BCUT2D eigenvalue weighted by Crippen LogP contribution is 2.11. The van der Waals surface area contributed by atoms with E-state index in [1.54, 1.807) is 0 Å². The van der Waals surface area contributed by atoms with Gasteiger partial charge in [-0.15, -0.1) is 0 Å². The normalized spacial score (nSPS) is 10.4. The first-order valence-electron chi connectivity index (χ1n) is 6.05. The smallest absolute Gasteiger partial charge is 0.224 e. The first-order valence-corrected chi connectivity index (χ1v) is 6.05. The Morgan fingerprint density at radius 3 is 2.72 bits per heavy atom. The molecule has 1 rings (SSSR count). The average Bonchev–Trinajstić information content (AvgIpc) is 2.35. The van der Waals surface area contributed by atoms with Crippen LogP contribution in [0.2, 0.25) is 0 Å². The van der Waals surface area contributed by atoms with Crippen LogP contribution in [0.15, 0.2) is 18.2 Å². The maximum atomic E-state index is 13.3. The SMILES string of the molecule is CCCNCCNC(=O)Cc1cccc(F)c1F. The lowest BCUT2D eigenvalue weighted by Crippen LogP contribution is -2.33. The Morgan fingerprint density at radius 1 is 1.22 bits per heavy atom. The lowest BCUT2D eigenvalue weighted by Gasteiger charge is -2.07. The first-order chi connectivity index (χ1) is 8.65. The van der Waals surface area contributed by atoms with Crippen LogP contribution in [-0.2, 0) is 11.2 Å². The molecule has 3 nitrogen and oxygen atoms in total. The predicted octanol–water partition coefficient (Wildman–Crippen LogP) is 1.62. The van der Waals surface area contributed by atoms with Crippen LogP contribution < -0.4 is 10.6 Å². The molecular weight excluding hydrogens is 238 g/mol. The van der Waals surface area contributed by atoms with E-state index < -0.39 is 11.6 Å². The molecule has 0 unspecified atom stereocenters. The van der Waals surface area contributed by atoms with E-state index in [-0.39, 0.29) is 17.9 Å². The standard InChI is InChI=1S/C13H18F2N2O/c1-2-6-16-7-8-17-12(18)9-10-4-3-5-11(14)13(10)15/h3-5,16H,2,6-9H2,1H3,(H,17,18). The number of rotatable bonds is 7. The molecule has 5 heteroatoms. The Balaban J connectivity index is 2.34. The molecule has 0 aliphatic carbocycles. The van der Waals surface area contributed by atoms with Gasteiger partial charge in [0.1, 0.15) is 0 Å². The Hall–Kier alpha value is -1.49. The van der Waals surface area contributed by atoms with E-state index in [9.17, 15) is 13.6 Å². The van der Waals surface area contributed by atoms with Gasteiger partial charge in [0.25, 0.3) is 0 Å². The summed E-state index contributed by atoms with van der Waals surface area (Å²) in [6, 6.07) is 3.84. The fourth-order valence-corrected chi connectivity index (χ4v) is 1.51. The maximum Gasteiger partial charge on any atom is 0.224 e. The second-order valence-corrected chi connectivity index (χ2v) is 3.99. The Bertz CT molecular complexity index is 397. The third-order valence-corrected chi connectivity index (χ3v) is 2.43. The van der Waals surface area contributed by atoms with E-state index >= 15 is 0 Å². The largest absolute Gasteiger partial charge is 0.355 e. The Kier molecular flexibility index (Phi) is 6.28. The average molecular weight is 256 g/mol. The minimum absolute atomic E-state index is 0.0778. The van der Waals surface area contributed by atoms with Gasteiger partial charge < -0.3 is 10.6 Å². The van der Waals surface area contributed by atoms with Gasteiger partial charge in [-0.05, 0) is 19.0 Å². The highest BCUT2D eigenvalue weighted by molar-refractivity contribution is 5.78. The number of hydrogen-bond acceptors (Lipinski definition) is 2. The van der Waals surface area contributed by atoms with E-state index in [0.29, 0.717) is 13.1 Å². The van der Waals surface area contributed by atoms with Crippen molar-refractivity contribution in [3.63, 3.8) is 0 Å². The summed E-state index contributed by atoms with van der Waals surface area (Å²) in [5, 5.41) is 5.77. The summed E-state index contributed by atoms with van der Waals surface area (Å²) in [7, 11) is 0. The zero-order valence-electron chi connectivity index (χ0n) is 10.4. The second-order valence-electron chi connectivity index (χ2n) is 3.99. The van der Waals surface area contributed by atoms with Gasteiger partial charge in [-0.3, -0.25) is 4.79 Å². The van der Waals surface area contributed by atoms with Crippen LogP contribution in [0.1, 0.15) is 18.9 Å². The molecule has 1 aromatic carbocycles. The van der Waals surface area contributed by atoms with Gasteiger partial charge in [-0.1, -0.05) is 19.1 Å². The second kappa shape index (κ2) is 7.76. The molecule has 0 atom stereocenters. The molecule has 0 bridgehead atoms. The summed E-state index contributed by atoms with van der Waals surface area (Å²) in [4.78, 5) is 11.5. The molecule has 0 fully saturated rings.